The van der Waals surface area contributed by atoms with Crippen LogP contribution in [-0.4, -0.2) is 40.9 Å². The van der Waals surface area contributed by atoms with Crippen molar-refractivity contribution in [2.45, 2.75) is 13.0 Å². The Balaban J connectivity index is 1.47. The first-order valence-electron chi connectivity index (χ1n) is 8.30. The standard InChI is InChI=1S/C18H16N8O/c1-13(14-5-7-16(8-6-14)25-11-19-10-21-25)22-18(27)15-3-2-4-17(9-15)26-12-20-23-24-26/h2-13H,1H3,(H,22,27)/t13-/m0/s1. The van der Waals surface area contributed by atoms with Crippen LogP contribution >= 0.6 is 0 Å². The van der Waals surface area contributed by atoms with Crippen molar-refractivity contribution in [1.29, 1.82) is 0 Å². The number of rotatable bonds is 5. The lowest BCUT2D eigenvalue weighted by molar-refractivity contribution is 0.0940. The molecule has 9 nitrogen and oxygen atoms in total. The van der Waals surface area contributed by atoms with Crippen LogP contribution in [0, 0.1) is 0 Å². The molecule has 0 radical (unpaired) electrons. The van der Waals surface area contributed by atoms with Gasteiger partial charge in [0.2, 0.25) is 0 Å². The van der Waals surface area contributed by atoms with Gasteiger partial charge in [0, 0.05) is 5.56 Å². The van der Waals surface area contributed by atoms with Gasteiger partial charge in [0.05, 0.1) is 17.4 Å². The maximum atomic E-state index is 12.6. The number of hydrogen-bond donors (Lipinski definition) is 1. The highest BCUT2D eigenvalue weighted by atomic mass is 16.1. The topological polar surface area (TPSA) is 103 Å². The number of nitrogens with one attached hydrogen (secondary N) is 1. The second kappa shape index (κ2) is 7.16. The summed E-state index contributed by atoms with van der Waals surface area (Å²) in [5.74, 6) is -0.169. The number of carbonyl (C=O) groups excluding carboxylic acids is 1. The van der Waals surface area contributed by atoms with E-state index in [0.29, 0.717) is 5.56 Å². The van der Waals surface area contributed by atoms with Crippen LogP contribution in [0.15, 0.2) is 67.5 Å². The number of aromatic nitrogens is 7. The van der Waals surface area contributed by atoms with E-state index < -0.39 is 0 Å². The monoisotopic (exact) mass is 360 g/mol. The van der Waals surface area contributed by atoms with Gasteiger partial charge in [-0.2, -0.15) is 5.10 Å². The third kappa shape index (κ3) is 3.56. The van der Waals surface area contributed by atoms with E-state index in [1.165, 1.54) is 17.3 Å². The zero-order valence-electron chi connectivity index (χ0n) is 14.5. The molecule has 0 unspecified atom stereocenters. The van der Waals surface area contributed by atoms with Crippen LogP contribution in [0.1, 0.15) is 28.9 Å². The largest absolute Gasteiger partial charge is 0.346 e. The van der Waals surface area contributed by atoms with Gasteiger partial charge in [-0.15, -0.1) is 5.10 Å². The molecule has 2 aromatic carbocycles. The normalized spacial score (nSPS) is 11.9. The average Bonchev–Trinajstić information content (AvgIpc) is 3.42. The van der Waals surface area contributed by atoms with E-state index in [1.54, 1.807) is 29.2 Å². The second-order valence-corrected chi connectivity index (χ2v) is 5.93. The van der Waals surface area contributed by atoms with Crippen molar-refractivity contribution in [2.24, 2.45) is 0 Å². The fourth-order valence-electron chi connectivity index (χ4n) is 2.69. The van der Waals surface area contributed by atoms with Gasteiger partial charge in [0.15, 0.2) is 0 Å². The first kappa shape index (κ1) is 16.6. The lowest BCUT2D eigenvalue weighted by atomic mass is 10.1. The highest BCUT2D eigenvalue weighted by Gasteiger charge is 2.13. The fourth-order valence-corrected chi connectivity index (χ4v) is 2.69. The number of amides is 1. The molecule has 0 spiro atoms. The Morgan fingerprint density at radius 2 is 1.89 bits per heavy atom. The molecule has 27 heavy (non-hydrogen) atoms. The van der Waals surface area contributed by atoms with Gasteiger partial charge >= 0.3 is 0 Å². The van der Waals surface area contributed by atoms with Gasteiger partial charge in [-0.1, -0.05) is 18.2 Å². The van der Waals surface area contributed by atoms with Crippen molar-refractivity contribution in [3.05, 3.63) is 78.6 Å². The molecule has 4 rings (SSSR count). The van der Waals surface area contributed by atoms with Crippen LogP contribution in [-0.2, 0) is 0 Å². The Morgan fingerprint density at radius 1 is 1.04 bits per heavy atom. The van der Waals surface area contributed by atoms with E-state index in [9.17, 15) is 4.79 Å². The molecule has 2 heterocycles. The van der Waals surface area contributed by atoms with Crippen molar-refractivity contribution in [2.75, 3.05) is 0 Å². The van der Waals surface area contributed by atoms with E-state index >= 15 is 0 Å². The Kier molecular flexibility index (Phi) is 4.40. The molecule has 0 saturated carbocycles. The zero-order chi connectivity index (χ0) is 18.6. The number of benzene rings is 2. The molecular formula is C18H16N8O. The molecule has 0 bridgehead atoms. The molecular weight excluding hydrogens is 344 g/mol. The van der Waals surface area contributed by atoms with E-state index in [2.05, 4.69) is 30.9 Å². The summed E-state index contributed by atoms with van der Waals surface area (Å²) in [6, 6.07) is 14.8. The van der Waals surface area contributed by atoms with Crippen LogP contribution in [0.25, 0.3) is 11.4 Å². The number of tetrazole rings is 1. The molecule has 0 aliphatic carbocycles. The minimum atomic E-state index is -0.169. The molecule has 9 heteroatoms. The van der Waals surface area contributed by atoms with E-state index in [0.717, 1.165) is 16.9 Å². The lowest BCUT2D eigenvalue weighted by Crippen LogP contribution is -2.26. The van der Waals surface area contributed by atoms with E-state index in [-0.39, 0.29) is 11.9 Å². The van der Waals surface area contributed by atoms with Crippen LogP contribution in [0.5, 0.6) is 0 Å². The van der Waals surface area contributed by atoms with Crippen molar-refractivity contribution < 1.29 is 4.79 Å². The second-order valence-electron chi connectivity index (χ2n) is 5.93. The SMILES string of the molecule is C[C@H](NC(=O)c1cccc(-n2cnnn2)c1)c1ccc(-n2cncn2)cc1. The number of nitrogens with zero attached hydrogens (tertiary/aromatic N) is 7. The Bertz CT molecular complexity index is 1030. The summed E-state index contributed by atoms with van der Waals surface area (Å²) in [6.45, 7) is 1.94. The molecule has 4 aromatic rings. The van der Waals surface area contributed by atoms with Crippen LogP contribution in [0.4, 0.5) is 0 Å². The number of hydrogen-bond acceptors (Lipinski definition) is 6. The Hall–Kier alpha value is -3.88. The predicted octanol–water partition coefficient (Wildman–Crippen LogP) is 1.73. The first-order valence-corrected chi connectivity index (χ1v) is 8.30. The maximum Gasteiger partial charge on any atom is 0.251 e. The summed E-state index contributed by atoms with van der Waals surface area (Å²) in [4.78, 5) is 16.5. The van der Waals surface area contributed by atoms with Gasteiger partial charge in [-0.25, -0.2) is 14.3 Å². The fraction of sp³-hybridized carbons (Fsp3) is 0.111. The molecule has 1 amide bonds. The molecule has 0 aliphatic rings. The van der Waals surface area contributed by atoms with E-state index in [1.807, 2.05) is 37.3 Å². The minimum absolute atomic E-state index is 0.154. The summed E-state index contributed by atoms with van der Waals surface area (Å²) >= 11 is 0. The van der Waals surface area contributed by atoms with Gasteiger partial charge in [0.1, 0.15) is 19.0 Å². The third-order valence-electron chi connectivity index (χ3n) is 4.15. The van der Waals surface area contributed by atoms with Gasteiger partial charge in [-0.3, -0.25) is 4.79 Å². The predicted molar refractivity (Wildman–Crippen MR) is 96.4 cm³/mol. The summed E-state index contributed by atoms with van der Waals surface area (Å²) in [5.41, 5.74) is 3.15. The molecule has 1 N–H and O–H groups in total. The molecule has 2 aromatic heterocycles. The Morgan fingerprint density at radius 3 is 2.59 bits per heavy atom. The molecule has 0 aliphatic heterocycles. The van der Waals surface area contributed by atoms with Crippen molar-refractivity contribution in [1.82, 2.24) is 40.3 Å². The van der Waals surface area contributed by atoms with E-state index in [4.69, 9.17) is 0 Å². The van der Waals surface area contributed by atoms with Crippen LogP contribution < -0.4 is 5.32 Å². The quantitative estimate of drug-likeness (QED) is 0.581. The van der Waals surface area contributed by atoms with Crippen LogP contribution in [0.3, 0.4) is 0 Å². The number of carbonyl (C=O) groups is 1. The first-order chi connectivity index (χ1) is 13.2. The summed E-state index contributed by atoms with van der Waals surface area (Å²) in [6.07, 6.45) is 4.61. The minimum Gasteiger partial charge on any atom is -0.346 e. The average molecular weight is 360 g/mol. The summed E-state index contributed by atoms with van der Waals surface area (Å²) < 4.78 is 3.18. The highest BCUT2D eigenvalue weighted by Crippen LogP contribution is 2.16. The van der Waals surface area contributed by atoms with Gasteiger partial charge in [0.25, 0.3) is 5.91 Å². The summed E-state index contributed by atoms with van der Waals surface area (Å²) in [7, 11) is 0. The Labute approximate surface area is 154 Å². The van der Waals surface area contributed by atoms with Crippen molar-refractivity contribution in [3.8, 4) is 11.4 Å². The highest BCUT2D eigenvalue weighted by molar-refractivity contribution is 5.95. The summed E-state index contributed by atoms with van der Waals surface area (Å²) in [5, 5.41) is 18.2. The zero-order valence-corrected chi connectivity index (χ0v) is 14.5. The smallest absolute Gasteiger partial charge is 0.251 e. The van der Waals surface area contributed by atoms with Gasteiger partial charge < -0.3 is 5.32 Å². The van der Waals surface area contributed by atoms with Gasteiger partial charge in [-0.05, 0) is 53.2 Å². The molecule has 0 saturated heterocycles. The molecule has 134 valence electrons. The lowest BCUT2D eigenvalue weighted by Gasteiger charge is -2.15. The van der Waals surface area contributed by atoms with Crippen molar-refractivity contribution in [3.63, 3.8) is 0 Å². The van der Waals surface area contributed by atoms with Crippen molar-refractivity contribution >= 4 is 5.91 Å². The maximum absolute atomic E-state index is 12.6. The third-order valence-corrected chi connectivity index (χ3v) is 4.15. The van der Waals surface area contributed by atoms with Crippen LogP contribution in [0.2, 0.25) is 0 Å². The molecule has 0 fully saturated rings. The molecule has 1 atom stereocenters.